The van der Waals surface area contributed by atoms with E-state index in [1.165, 1.54) is 23.4 Å². The number of carbonyl (C=O) groups is 2. The molecule has 1 amide bonds. The molecule has 0 radical (unpaired) electrons. The summed E-state index contributed by atoms with van der Waals surface area (Å²) in [5, 5.41) is 6.20. The standard InChI is InChI=1S/C20H15F3N4O4/c21-20(22,23)14-2-3-16(27-11-24-10-25-27)15(8-14)26-18(28)9-31-19(29)13-1-4-17-12(7-13)5-6-30-17/h1-4,7-8,10-11H,5-6,9H2,(H,26,28). The molecule has 2 aromatic carbocycles. The van der Waals surface area contributed by atoms with Gasteiger partial charge in [0.05, 0.1) is 29.1 Å². The average Bonchev–Trinajstić information content (AvgIpc) is 3.42. The van der Waals surface area contributed by atoms with Gasteiger partial charge >= 0.3 is 12.1 Å². The summed E-state index contributed by atoms with van der Waals surface area (Å²) >= 11 is 0. The van der Waals surface area contributed by atoms with E-state index in [9.17, 15) is 22.8 Å². The summed E-state index contributed by atoms with van der Waals surface area (Å²) in [5.74, 6) is -0.844. The number of amides is 1. The highest BCUT2D eigenvalue weighted by Crippen LogP contribution is 2.33. The normalized spacial score (nSPS) is 12.7. The van der Waals surface area contributed by atoms with Gasteiger partial charge in [0.25, 0.3) is 5.91 Å². The van der Waals surface area contributed by atoms with Crippen molar-refractivity contribution in [1.82, 2.24) is 14.8 Å². The van der Waals surface area contributed by atoms with Gasteiger partial charge in [-0.2, -0.15) is 18.3 Å². The molecule has 31 heavy (non-hydrogen) atoms. The Balaban J connectivity index is 1.47. The lowest BCUT2D eigenvalue weighted by Gasteiger charge is -2.14. The Kier molecular flexibility index (Phi) is 5.32. The van der Waals surface area contributed by atoms with Crippen LogP contribution in [0.25, 0.3) is 5.69 Å². The minimum absolute atomic E-state index is 0.156. The van der Waals surface area contributed by atoms with Crippen LogP contribution in [-0.4, -0.2) is 39.9 Å². The van der Waals surface area contributed by atoms with Crippen LogP contribution in [-0.2, 0) is 22.1 Å². The van der Waals surface area contributed by atoms with E-state index in [0.29, 0.717) is 18.8 Å². The van der Waals surface area contributed by atoms with Gasteiger partial charge in [0.2, 0.25) is 0 Å². The number of ether oxygens (including phenoxy) is 2. The summed E-state index contributed by atoms with van der Waals surface area (Å²) in [6.45, 7) is -0.152. The first-order valence-electron chi connectivity index (χ1n) is 9.10. The van der Waals surface area contributed by atoms with Crippen molar-refractivity contribution in [2.45, 2.75) is 12.6 Å². The van der Waals surface area contributed by atoms with Crippen LogP contribution in [0.5, 0.6) is 5.75 Å². The number of aromatic nitrogens is 3. The summed E-state index contributed by atoms with van der Waals surface area (Å²) in [6.07, 6.45) is -1.47. The maximum Gasteiger partial charge on any atom is 0.416 e. The molecule has 1 aliphatic rings. The van der Waals surface area contributed by atoms with Crippen molar-refractivity contribution >= 4 is 17.6 Å². The number of benzene rings is 2. The van der Waals surface area contributed by atoms with Crippen LogP contribution in [0.15, 0.2) is 49.1 Å². The molecule has 1 N–H and O–H groups in total. The Morgan fingerprint density at radius 3 is 2.77 bits per heavy atom. The molecule has 1 aliphatic heterocycles. The van der Waals surface area contributed by atoms with Gasteiger partial charge in [0.1, 0.15) is 18.4 Å². The molecule has 0 atom stereocenters. The Bertz CT molecular complexity index is 1130. The second-order valence-electron chi connectivity index (χ2n) is 6.62. The van der Waals surface area contributed by atoms with Gasteiger partial charge in [-0.25, -0.2) is 14.5 Å². The lowest BCUT2D eigenvalue weighted by atomic mass is 10.1. The first-order valence-corrected chi connectivity index (χ1v) is 9.10. The third-order valence-electron chi connectivity index (χ3n) is 4.52. The number of nitrogens with one attached hydrogen (secondary N) is 1. The SMILES string of the molecule is O=C(COC(=O)c1ccc2c(c1)CCO2)Nc1cc(C(F)(F)F)ccc1-n1cncn1. The van der Waals surface area contributed by atoms with Crippen molar-refractivity contribution in [3.8, 4) is 11.4 Å². The maximum absolute atomic E-state index is 13.1. The number of hydrogen-bond donors (Lipinski definition) is 1. The lowest BCUT2D eigenvalue weighted by Crippen LogP contribution is -2.22. The lowest BCUT2D eigenvalue weighted by molar-refractivity contribution is -0.137. The van der Waals surface area contributed by atoms with E-state index in [-0.39, 0.29) is 16.9 Å². The van der Waals surface area contributed by atoms with Crippen molar-refractivity contribution in [3.05, 3.63) is 65.7 Å². The molecule has 11 heteroatoms. The number of esters is 1. The molecule has 2 heterocycles. The molecule has 1 aromatic heterocycles. The summed E-state index contributed by atoms with van der Waals surface area (Å²) in [6, 6.07) is 7.58. The second-order valence-corrected chi connectivity index (χ2v) is 6.62. The Morgan fingerprint density at radius 1 is 1.19 bits per heavy atom. The molecule has 0 fully saturated rings. The molecule has 160 valence electrons. The summed E-state index contributed by atoms with van der Waals surface area (Å²) in [7, 11) is 0. The number of rotatable bonds is 5. The Morgan fingerprint density at radius 2 is 2.03 bits per heavy atom. The topological polar surface area (TPSA) is 95.3 Å². The molecular weight excluding hydrogens is 417 g/mol. The number of fused-ring (bicyclic) bond motifs is 1. The van der Waals surface area contributed by atoms with E-state index in [1.54, 1.807) is 12.1 Å². The highest BCUT2D eigenvalue weighted by molar-refractivity contribution is 5.97. The minimum atomic E-state index is -4.61. The average molecular weight is 432 g/mol. The largest absolute Gasteiger partial charge is 0.493 e. The summed E-state index contributed by atoms with van der Waals surface area (Å²) < 4.78 is 50.8. The van der Waals surface area contributed by atoms with Gasteiger partial charge in [-0.3, -0.25) is 4.79 Å². The third kappa shape index (κ3) is 4.49. The fraction of sp³-hybridized carbons (Fsp3) is 0.200. The van der Waals surface area contributed by atoms with Crippen LogP contribution in [0.1, 0.15) is 21.5 Å². The Labute approximate surface area is 173 Å². The first-order chi connectivity index (χ1) is 14.8. The maximum atomic E-state index is 13.1. The van der Waals surface area contributed by atoms with E-state index >= 15 is 0 Å². The highest BCUT2D eigenvalue weighted by atomic mass is 19.4. The van der Waals surface area contributed by atoms with Crippen molar-refractivity contribution in [2.75, 3.05) is 18.5 Å². The van der Waals surface area contributed by atoms with E-state index in [2.05, 4.69) is 15.4 Å². The molecule has 4 rings (SSSR count). The zero-order valence-electron chi connectivity index (χ0n) is 15.8. The van der Waals surface area contributed by atoms with Gasteiger partial charge in [-0.1, -0.05) is 0 Å². The third-order valence-corrected chi connectivity index (χ3v) is 4.52. The van der Waals surface area contributed by atoms with Crippen LogP contribution < -0.4 is 10.1 Å². The first kappa shape index (κ1) is 20.4. The molecule has 0 saturated carbocycles. The number of carbonyl (C=O) groups excluding carboxylic acids is 2. The summed E-state index contributed by atoms with van der Waals surface area (Å²) in [5.41, 5.74) is 0.170. The number of hydrogen-bond acceptors (Lipinski definition) is 6. The molecule has 8 nitrogen and oxygen atoms in total. The van der Waals surface area contributed by atoms with Gasteiger partial charge in [0.15, 0.2) is 6.61 Å². The predicted octanol–water partition coefficient (Wildman–Crippen LogP) is 3.02. The van der Waals surface area contributed by atoms with Gasteiger partial charge in [-0.15, -0.1) is 0 Å². The van der Waals surface area contributed by atoms with Crippen LogP contribution >= 0.6 is 0 Å². The summed E-state index contributed by atoms with van der Waals surface area (Å²) in [4.78, 5) is 28.3. The van der Waals surface area contributed by atoms with Crippen molar-refractivity contribution in [1.29, 1.82) is 0 Å². The number of halogens is 3. The van der Waals surface area contributed by atoms with Crippen LogP contribution in [0.2, 0.25) is 0 Å². The molecule has 0 unspecified atom stereocenters. The minimum Gasteiger partial charge on any atom is -0.493 e. The highest BCUT2D eigenvalue weighted by Gasteiger charge is 2.31. The van der Waals surface area contributed by atoms with E-state index in [0.717, 1.165) is 23.8 Å². The predicted molar refractivity (Wildman–Crippen MR) is 101 cm³/mol. The Hall–Kier alpha value is -3.89. The fourth-order valence-electron chi connectivity index (χ4n) is 3.06. The fourth-order valence-corrected chi connectivity index (χ4v) is 3.06. The molecule has 3 aromatic rings. The van der Waals surface area contributed by atoms with E-state index in [1.807, 2.05) is 0 Å². The van der Waals surface area contributed by atoms with Crippen molar-refractivity contribution in [2.24, 2.45) is 0 Å². The zero-order chi connectivity index (χ0) is 22.0. The van der Waals surface area contributed by atoms with Crippen LogP contribution in [0.3, 0.4) is 0 Å². The number of alkyl halides is 3. The molecule has 0 spiro atoms. The van der Waals surface area contributed by atoms with Crippen molar-refractivity contribution < 1.29 is 32.2 Å². The molecule has 0 bridgehead atoms. The molecular formula is C20H15F3N4O4. The van der Waals surface area contributed by atoms with Gasteiger partial charge in [0, 0.05) is 6.42 Å². The quantitative estimate of drug-likeness (QED) is 0.623. The van der Waals surface area contributed by atoms with Gasteiger partial charge in [-0.05, 0) is 42.0 Å². The molecule has 0 saturated heterocycles. The van der Waals surface area contributed by atoms with E-state index < -0.39 is 30.2 Å². The van der Waals surface area contributed by atoms with Crippen LogP contribution in [0, 0.1) is 0 Å². The zero-order valence-corrected chi connectivity index (χ0v) is 15.8. The van der Waals surface area contributed by atoms with Crippen molar-refractivity contribution in [3.63, 3.8) is 0 Å². The molecule has 0 aliphatic carbocycles. The van der Waals surface area contributed by atoms with Gasteiger partial charge < -0.3 is 14.8 Å². The second kappa shape index (κ2) is 8.09. The monoisotopic (exact) mass is 432 g/mol. The number of nitrogens with zero attached hydrogens (tertiary/aromatic N) is 3. The smallest absolute Gasteiger partial charge is 0.416 e. The van der Waals surface area contributed by atoms with Crippen LogP contribution in [0.4, 0.5) is 18.9 Å². The number of anilines is 1. The van der Waals surface area contributed by atoms with E-state index in [4.69, 9.17) is 9.47 Å².